The van der Waals surface area contributed by atoms with Gasteiger partial charge in [0.2, 0.25) is 0 Å². The Hall–Kier alpha value is -5.13. The molecule has 0 radical (unpaired) electrons. The number of ether oxygens (including phenoxy) is 4. The molecule has 1 saturated heterocycles. The molecular formula is C37H42FN5O6. The van der Waals surface area contributed by atoms with Gasteiger partial charge in [-0.15, -0.1) is 0 Å². The molecule has 4 aliphatic rings. The molecule has 0 bridgehead atoms. The molecule has 0 aromatic heterocycles. The first-order valence-corrected chi connectivity index (χ1v) is 16.8. The summed E-state index contributed by atoms with van der Waals surface area (Å²) in [6.45, 7) is 2.15. The summed E-state index contributed by atoms with van der Waals surface area (Å²) >= 11 is 0. The minimum absolute atomic E-state index is 0.00205. The largest absolute Gasteiger partial charge is 0.493 e. The lowest BCUT2D eigenvalue weighted by Gasteiger charge is -2.21. The summed E-state index contributed by atoms with van der Waals surface area (Å²) in [7, 11) is 3.11. The van der Waals surface area contributed by atoms with E-state index in [2.05, 4.69) is 10.6 Å². The van der Waals surface area contributed by atoms with Gasteiger partial charge in [-0.1, -0.05) is 12.1 Å². The molecule has 1 fully saturated rings. The van der Waals surface area contributed by atoms with E-state index in [4.69, 9.17) is 24.7 Å². The van der Waals surface area contributed by atoms with Gasteiger partial charge in [0, 0.05) is 43.5 Å². The summed E-state index contributed by atoms with van der Waals surface area (Å²) in [6, 6.07) is 14.6. The van der Waals surface area contributed by atoms with Crippen LogP contribution in [0.5, 0.6) is 23.0 Å². The third kappa shape index (κ3) is 6.51. The van der Waals surface area contributed by atoms with Crippen LogP contribution < -0.4 is 35.3 Å². The highest BCUT2D eigenvalue weighted by Gasteiger charge is 2.39. The molecule has 0 saturated carbocycles. The van der Waals surface area contributed by atoms with E-state index in [1.165, 1.54) is 7.11 Å². The molecule has 12 heteroatoms. The van der Waals surface area contributed by atoms with Gasteiger partial charge in [-0.3, -0.25) is 9.59 Å². The molecule has 258 valence electrons. The van der Waals surface area contributed by atoms with Crippen LogP contribution in [-0.2, 0) is 0 Å². The molecule has 3 aromatic rings. The summed E-state index contributed by atoms with van der Waals surface area (Å²) < 4.78 is 37.3. The summed E-state index contributed by atoms with van der Waals surface area (Å²) in [4.78, 5) is 30.2. The number of anilines is 3. The van der Waals surface area contributed by atoms with Crippen molar-refractivity contribution in [1.29, 1.82) is 0 Å². The predicted octanol–water partition coefficient (Wildman–Crippen LogP) is 5.57. The number of alkyl halides is 1. The molecule has 49 heavy (non-hydrogen) atoms. The Labute approximate surface area is 285 Å². The average molecular weight is 672 g/mol. The Morgan fingerprint density at radius 1 is 0.796 bits per heavy atom. The van der Waals surface area contributed by atoms with E-state index in [1.54, 1.807) is 30.2 Å². The van der Waals surface area contributed by atoms with Crippen LogP contribution in [0.25, 0.3) is 5.57 Å². The average Bonchev–Trinajstić information content (AvgIpc) is 3.65. The second-order valence-corrected chi connectivity index (χ2v) is 12.9. The van der Waals surface area contributed by atoms with Crippen LogP contribution in [0.4, 0.5) is 21.5 Å². The number of carbonyl (C=O) groups excluding carboxylic acids is 2. The first-order chi connectivity index (χ1) is 23.8. The van der Waals surface area contributed by atoms with E-state index in [0.717, 1.165) is 42.5 Å². The van der Waals surface area contributed by atoms with Gasteiger partial charge in [-0.25, -0.2) is 4.39 Å². The Kier molecular flexibility index (Phi) is 9.11. The molecule has 4 aliphatic heterocycles. The van der Waals surface area contributed by atoms with Gasteiger partial charge < -0.3 is 45.1 Å². The van der Waals surface area contributed by atoms with Gasteiger partial charge in [0.25, 0.3) is 11.8 Å². The van der Waals surface area contributed by atoms with Gasteiger partial charge in [0.1, 0.15) is 6.17 Å². The van der Waals surface area contributed by atoms with Crippen molar-refractivity contribution in [2.24, 2.45) is 0 Å². The lowest BCUT2D eigenvalue weighted by molar-refractivity contribution is 0.0741. The van der Waals surface area contributed by atoms with Gasteiger partial charge in [-0.05, 0) is 61.1 Å². The van der Waals surface area contributed by atoms with E-state index in [0.29, 0.717) is 78.2 Å². The van der Waals surface area contributed by atoms with E-state index < -0.39 is 6.17 Å². The Bertz CT molecular complexity index is 1760. The zero-order valence-electron chi connectivity index (χ0n) is 27.8. The molecule has 2 amide bonds. The van der Waals surface area contributed by atoms with Crippen molar-refractivity contribution in [2.45, 2.75) is 50.4 Å². The van der Waals surface area contributed by atoms with Crippen LogP contribution >= 0.6 is 0 Å². The number of unbranched alkanes of at least 4 members (excludes halogenated alkanes) is 2. The molecule has 0 unspecified atom stereocenters. The highest BCUT2D eigenvalue weighted by atomic mass is 19.1. The molecule has 11 nitrogen and oxygen atoms in total. The summed E-state index contributed by atoms with van der Waals surface area (Å²) in [5, 5.41) is 6.76. The fraction of sp³-hybridized carbons (Fsp3) is 0.405. The number of hydrogen-bond acceptors (Lipinski definition) is 9. The number of fused-ring (bicyclic) bond motifs is 4. The Balaban J connectivity index is 0.920. The number of rotatable bonds is 11. The first kappa shape index (κ1) is 32.4. The normalized spacial score (nSPS) is 20.9. The van der Waals surface area contributed by atoms with Crippen LogP contribution in [0.3, 0.4) is 0 Å². The number of nitrogens with zero attached hydrogens (tertiary/aromatic N) is 2. The lowest BCUT2D eigenvalue weighted by atomic mass is 10.0. The summed E-state index contributed by atoms with van der Waals surface area (Å²) in [6.07, 6.45) is 4.47. The smallest absolute Gasteiger partial charge is 0.260 e. The molecule has 0 spiro atoms. The lowest BCUT2D eigenvalue weighted by Crippen LogP contribution is -2.37. The zero-order valence-corrected chi connectivity index (χ0v) is 27.8. The number of carbonyl (C=O) groups is 2. The van der Waals surface area contributed by atoms with Gasteiger partial charge >= 0.3 is 0 Å². The first-order valence-electron chi connectivity index (χ1n) is 16.8. The molecule has 4 heterocycles. The Morgan fingerprint density at radius 3 is 2.00 bits per heavy atom. The molecule has 4 N–H and O–H groups in total. The van der Waals surface area contributed by atoms with Crippen molar-refractivity contribution < 1.29 is 32.9 Å². The Morgan fingerprint density at radius 2 is 1.39 bits per heavy atom. The number of nitrogens with one attached hydrogen (secondary N) is 2. The van der Waals surface area contributed by atoms with E-state index in [1.807, 2.05) is 41.4 Å². The van der Waals surface area contributed by atoms with Crippen molar-refractivity contribution in [3.8, 4) is 23.0 Å². The maximum atomic E-state index is 14.0. The number of nitrogen functional groups attached to an aromatic ring is 1. The third-order valence-electron chi connectivity index (χ3n) is 9.71. The van der Waals surface area contributed by atoms with Gasteiger partial charge in [0.05, 0.1) is 68.6 Å². The predicted molar refractivity (Wildman–Crippen MR) is 186 cm³/mol. The highest BCUT2D eigenvalue weighted by Crippen LogP contribution is 2.40. The maximum Gasteiger partial charge on any atom is 0.260 e. The van der Waals surface area contributed by atoms with E-state index >= 15 is 0 Å². The van der Waals surface area contributed by atoms with Crippen molar-refractivity contribution in [1.82, 2.24) is 9.80 Å². The van der Waals surface area contributed by atoms with Crippen LogP contribution in [0.1, 0.15) is 58.4 Å². The van der Waals surface area contributed by atoms with Crippen LogP contribution in [0.2, 0.25) is 0 Å². The fourth-order valence-corrected chi connectivity index (χ4v) is 7.07. The third-order valence-corrected chi connectivity index (χ3v) is 9.71. The van der Waals surface area contributed by atoms with Crippen molar-refractivity contribution in [2.75, 3.05) is 63.4 Å². The topological polar surface area (TPSA) is 128 Å². The number of halogens is 1. The van der Waals surface area contributed by atoms with E-state index in [9.17, 15) is 14.0 Å². The summed E-state index contributed by atoms with van der Waals surface area (Å²) in [5.74, 6) is 1.83. The molecule has 7 rings (SSSR count). The standard InChI is InChI=1S/C37H42FN5O6/c1-46-32-14-28-30(40-18-26-12-23(20-42(26)36(28)44)22-6-8-25(39)9-7-22)16-34(32)48-10-4-3-5-11-49-35-17-31-29(15-33(35)47-2)37(45)43-21-24(38)13-27(43)19-41-31/h6-9,14-17,20,24,26-27,40-41H,3-5,10-13,18-19,21,39H2,1-2H3/t24-,26-,27-/m0/s1. The highest BCUT2D eigenvalue weighted by molar-refractivity contribution is 6.03. The van der Waals surface area contributed by atoms with Crippen LogP contribution in [0, 0.1) is 0 Å². The van der Waals surface area contributed by atoms with Crippen molar-refractivity contribution in [3.63, 3.8) is 0 Å². The number of nitrogens with two attached hydrogens (primary N) is 1. The minimum Gasteiger partial charge on any atom is -0.493 e. The monoisotopic (exact) mass is 671 g/mol. The quantitative estimate of drug-likeness (QED) is 0.177. The van der Waals surface area contributed by atoms with Gasteiger partial charge in [0.15, 0.2) is 23.0 Å². The van der Waals surface area contributed by atoms with Gasteiger partial charge in [-0.2, -0.15) is 0 Å². The molecule has 0 aliphatic carbocycles. The summed E-state index contributed by atoms with van der Waals surface area (Å²) in [5.41, 5.74) is 11.1. The number of hydrogen-bond donors (Lipinski definition) is 3. The van der Waals surface area contributed by atoms with Crippen molar-refractivity contribution >= 4 is 34.4 Å². The molecular weight excluding hydrogens is 629 g/mol. The fourth-order valence-electron chi connectivity index (χ4n) is 7.07. The van der Waals surface area contributed by atoms with Crippen molar-refractivity contribution in [3.05, 3.63) is 71.4 Å². The van der Waals surface area contributed by atoms with Crippen LogP contribution in [0.15, 0.2) is 54.7 Å². The molecule has 3 atom stereocenters. The number of amides is 2. The van der Waals surface area contributed by atoms with E-state index in [-0.39, 0.29) is 30.4 Å². The second kappa shape index (κ2) is 13.8. The number of benzene rings is 3. The van der Waals surface area contributed by atoms with Crippen LogP contribution in [-0.4, -0.2) is 86.9 Å². The second-order valence-electron chi connectivity index (χ2n) is 12.9. The molecule has 3 aromatic carbocycles. The number of methoxy groups -OCH3 is 2. The minimum atomic E-state index is -0.994. The zero-order chi connectivity index (χ0) is 34.1. The maximum absolute atomic E-state index is 14.0. The SMILES string of the molecule is COc1cc2c(cc1OCCCCCOc1cc3c(cc1OC)C(=O)N1C[C@@H](F)C[C@H]1CN3)NC[C@@H]1CC(c3ccc(N)cc3)=CN1C2=O.